The number of fused-ring (bicyclic) bond motifs is 1. The number of hydrogen-bond acceptors (Lipinski definition) is 5. The van der Waals surface area contributed by atoms with Crippen molar-refractivity contribution in [3.05, 3.63) is 89.5 Å². The molecule has 6 rings (SSSR count). The monoisotopic (exact) mass is 480 g/mol. The molecule has 0 bridgehead atoms. The number of nitrogens with zero attached hydrogens (tertiary/aromatic N) is 5. The van der Waals surface area contributed by atoms with Crippen LogP contribution in [0.4, 0.5) is 5.82 Å². The molecule has 1 aromatic carbocycles. The van der Waals surface area contributed by atoms with E-state index in [1.54, 1.807) is 0 Å². The third-order valence-electron chi connectivity index (χ3n) is 8.30. The van der Waals surface area contributed by atoms with Crippen LogP contribution in [0.15, 0.2) is 67.1 Å². The summed E-state index contributed by atoms with van der Waals surface area (Å²) in [5, 5.41) is 8.17. The minimum absolute atomic E-state index is 0.500. The molecule has 36 heavy (non-hydrogen) atoms. The minimum atomic E-state index is 0.500. The maximum atomic E-state index is 5.08. The lowest BCUT2D eigenvalue weighted by Gasteiger charge is -2.41. The highest BCUT2D eigenvalue weighted by molar-refractivity contribution is 5.54. The van der Waals surface area contributed by atoms with Gasteiger partial charge in [-0.15, -0.1) is 0 Å². The second-order valence-corrected chi connectivity index (χ2v) is 10.6. The second kappa shape index (κ2) is 10.4. The summed E-state index contributed by atoms with van der Waals surface area (Å²) in [6.45, 7) is 5.16. The average Bonchev–Trinajstić information content (AvgIpc) is 3.33. The van der Waals surface area contributed by atoms with E-state index in [4.69, 9.17) is 4.98 Å². The van der Waals surface area contributed by atoms with Gasteiger partial charge in [-0.1, -0.05) is 36.4 Å². The van der Waals surface area contributed by atoms with Gasteiger partial charge in [-0.25, -0.2) is 4.98 Å². The van der Waals surface area contributed by atoms with Crippen molar-refractivity contribution in [3.63, 3.8) is 0 Å². The van der Waals surface area contributed by atoms with Crippen LogP contribution in [0.2, 0.25) is 0 Å². The number of pyridine rings is 1. The first kappa shape index (κ1) is 23.2. The van der Waals surface area contributed by atoms with Gasteiger partial charge in [-0.05, 0) is 81.6 Å². The summed E-state index contributed by atoms with van der Waals surface area (Å²) >= 11 is 0. The van der Waals surface area contributed by atoms with Crippen LogP contribution in [0.1, 0.15) is 72.7 Å². The fraction of sp³-hybridized carbons (Fsp3) is 0.433. The van der Waals surface area contributed by atoms with Crippen LogP contribution >= 0.6 is 0 Å². The van der Waals surface area contributed by atoms with Crippen LogP contribution in [-0.2, 0) is 6.54 Å². The molecule has 0 spiro atoms. The van der Waals surface area contributed by atoms with E-state index in [0.29, 0.717) is 5.92 Å². The fourth-order valence-corrected chi connectivity index (χ4v) is 6.18. The first-order chi connectivity index (χ1) is 17.7. The first-order valence-corrected chi connectivity index (χ1v) is 13.5. The van der Waals surface area contributed by atoms with Gasteiger partial charge in [0, 0.05) is 48.2 Å². The number of nitrogens with one attached hydrogen (secondary N) is 1. The summed E-state index contributed by atoms with van der Waals surface area (Å²) in [7, 11) is 0. The lowest BCUT2D eigenvalue weighted by molar-refractivity contribution is 0.116. The quantitative estimate of drug-likeness (QED) is 0.369. The Morgan fingerprint density at radius 3 is 2.44 bits per heavy atom. The predicted molar refractivity (Wildman–Crippen MR) is 144 cm³/mol. The molecule has 4 aromatic rings. The third kappa shape index (κ3) is 4.87. The van der Waals surface area contributed by atoms with Crippen molar-refractivity contribution in [2.45, 2.75) is 69.9 Å². The predicted octanol–water partition coefficient (Wildman–Crippen LogP) is 5.95. The van der Waals surface area contributed by atoms with E-state index in [-0.39, 0.29) is 0 Å². The van der Waals surface area contributed by atoms with Gasteiger partial charge in [-0.2, -0.15) is 9.61 Å². The zero-order chi connectivity index (χ0) is 24.3. The Morgan fingerprint density at radius 2 is 1.69 bits per heavy atom. The van der Waals surface area contributed by atoms with Gasteiger partial charge in [-0.3, -0.25) is 4.98 Å². The molecule has 1 N–H and O–H groups in total. The Kier molecular flexibility index (Phi) is 6.69. The van der Waals surface area contributed by atoms with E-state index >= 15 is 0 Å². The van der Waals surface area contributed by atoms with Crippen molar-refractivity contribution < 1.29 is 0 Å². The van der Waals surface area contributed by atoms with Crippen LogP contribution in [0.3, 0.4) is 0 Å². The Labute approximate surface area is 213 Å². The molecule has 0 atom stereocenters. The zero-order valence-electron chi connectivity index (χ0n) is 21.2. The van der Waals surface area contributed by atoms with E-state index in [2.05, 4.69) is 69.7 Å². The molecule has 6 nitrogen and oxygen atoms in total. The maximum Gasteiger partial charge on any atom is 0.160 e. The molecule has 0 unspecified atom stereocenters. The fourth-order valence-electron chi connectivity index (χ4n) is 6.18. The number of aryl methyl sites for hydroxylation is 1. The summed E-state index contributed by atoms with van der Waals surface area (Å²) in [4.78, 5) is 12.1. The molecule has 4 heterocycles. The molecule has 1 saturated carbocycles. The molecule has 1 aliphatic heterocycles. The number of aromatic nitrogens is 4. The van der Waals surface area contributed by atoms with Crippen LogP contribution in [0, 0.1) is 6.92 Å². The highest BCUT2D eigenvalue weighted by atomic mass is 15.3. The van der Waals surface area contributed by atoms with Gasteiger partial charge in [0.1, 0.15) is 5.82 Å². The van der Waals surface area contributed by atoms with Crippen molar-refractivity contribution in [2.24, 2.45) is 0 Å². The average molecular weight is 481 g/mol. The van der Waals surface area contributed by atoms with Crippen molar-refractivity contribution in [1.29, 1.82) is 0 Å². The van der Waals surface area contributed by atoms with Gasteiger partial charge in [0.25, 0.3) is 0 Å². The number of likely N-dealkylation sites (tertiary alicyclic amines) is 1. The van der Waals surface area contributed by atoms with E-state index < -0.39 is 0 Å². The van der Waals surface area contributed by atoms with Gasteiger partial charge >= 0.3 is 0 Å². The molecule has 0 amide bonds. The number of anilines is 1. The van der Waals surface area contributed by atoms with E-state index in [1.165, 1.54) is 62.9 Å². The lowest BCUT2D eigenvalue weighted by Crippen LogP contribution is -2.42. The molecule has 3 aromatic heterocycles. The van der Waals surface area contributed by atoms with Gasteiger partial charge in [0.15, 0.2) is 5.65 Å². The van der Waals surface area contributed by atoms with Gasteiger partial charge in [0.2, 0.25) is 0 Å². The first-order valence-electron chi connectivity index (χ1n) is 13.5. The molecule has 6 heteroatoms. The SMILES string of the molecule is Cc1cnn2c(NCc3cccnc3)cc(C3CCN(C4CCC(c5ccccc5)CC4)CC3)nc12. The smallest absolute Gasteiger partial charge is 0.160 e. The minimum Gasteiger partial charge on any atom is -0.366 e. The largest absolute Gasteiger partial charge is 0.366 e. The molecule has 186 valence electrons. The van der Waals surface area contributed by atoms with E-state index in [0.717, 1.165) is 41.1 Å². The van der Waals surface area contributed by atoms with Gasteiger partial charge in [0.05, 0.1) is 6.20 Å². The highest BCUT2D eigenvalue weighted by Crippen LogP contribution is 2.37. The number of piperidine rings is 1. The third-order valence-corrected chi connectivity index (χ3v) is 8.30. The Morgan fingerprint density at radius 1 is 0.889 bits per heavy atom. The van der Waals surface area contributed by atoms with Crippen LogP contribution in [0.25, 0.3) is 5.65 Å². The van der Waals surface area contributed by atoms with Crippen molar-refractivity contribution in [1.82, 2.24) is 24.5 Å². The van der Waals surface area contributed by atoms with Gasteiger partial charge < -0.3 is 10.2 Å². The molecule has 1 aliphatic carbocycles. The summed E-state index contributed by atoms with van der Waals surface area (Å²) in [6, 6.07) is 18.1. The summed E-state index contributed by atoms with van der Waals surface area (Å²) < 4.78 is 1.94. The molecular formula is C30H36N6. The topological polar surface area (TPSA) is 58.4 Å². The molecule has 1 saturated heterocycles. The van der Waals surface area contributed by atoms with Crippen LogP contribution in [-0.4, -0.2) is 43.6 Å². The second-order valence-electron chi connectivity index (χ2n) is 10.6. The standard InChI is InChI=1S/C30H36N6/c1-22-19-33-36-29(32-21-23-6-5-15-31-20-23)18-28(34-30(22)36)26-13-16-35(17-14-26)27-11-9-25(10-12-27)24-7-3-2-4-8-24/h2-8,15,18-20,25-27,32H,9-14,16-17,21H2,1H3. The van der Waals surface area contributed by atoms with Crippen molar-refractivity contribution >= 4 is 11.5 Å². The molecular weight excluding hydrogens is 444 g/mol. The summed E-state index contributed by atoms with van der Waals surface area (Å²) in [6.07, 6.45) is 13.3. The molecule has 0 radical (unpaired) electrons. The van der Waals surface area contributed by atoms with Crippen LogP contribution in [0.5, 0.6) is 0 Å². The Balaban J connectivity index is 1.10. The zero-order valence-corrected chi connectivity index (χ0v) is 21.2. The highest BCUT2D eigenvalue weighted by Gasteiger charge is 2.30. The number of benzene rings is 1. The van der Waals surface area contributed by atoms with E-state index in [1.807, 2.05) is 29.2 Å². The molecule has 2 aliphatic rings. The lowest BCUT2D eigenvalue weighted by atomic mass is 9.80. The van der Waals surface area contributed by atoms with Crippen molar-refractivity contribution in [2.75, 3.05) is 18.4 Å². The molecule has 2 fully saturated rings. The summed E-state index contributed by atoms with van der Waals surface area (Å²) in [5.41, 5.74) is 5.96. The Hall–Kier alpha value is -3.25. The maximum absolute atomic E-state index is 5.08. The number of hydrogen-bond donors (Lipinski definition) is 1. The van der Waals surface area contributed by atoms with E-state index in [9.17, 15) is 0 Å². The van der Waals surface area contributed by atoms with Crippen LogP contribution < -0.4 is 5.32 Å². The van der Waals surface area contributed by atoms with Crippen molar-refractivity contribution in [3.8, 4) is 0 Å². The Bertz CT molecular complexity index is 1270. The summed E-state index contributed by atoms with van der Waals surface area (Å²) in [5.74, 6) is 2.25. The normalized spacial score (nSPS) is 21.6. The number of rotatable bonds is 6.